The predicted octanol–water partition coefficient (Wildman–Crippen LogP) is 3.14. The lowest BCUT2D eigenvalue weighted by atomic mass is 10.00. The Labute approximate surface area is 218 Å². The number of nitrogens with zero attached hydrogens (tertiary/aromatic N) is 1. The van der Waals surface area contributed by atoms with Crippen LogP contribution in [0.4, 0.5) is 13.2 Å². The number of carboxylic acid groups (broad SMARTS) is 1. The number of amides is 2. The number of aliphatic hydroxyl groups excluding tert-OH is 1. The van der Waals surface area contributed by atoms with Gasteiger partial charge >= 0.3 is 12.1 Å². The highest BCUT2D eigenvalue weighted by Crippen LogP contribution is 2.42. The fraction of sp³-hybridized carbons (Fsp3) is 0.375. The van der Waals surface area contributed by atoms with Crippen LogP contribution < -0.4 is 10.1 Å². The third kappa shape index (κ3) is 5.91. The molecule has 194 valence electrons. The number of hydrogen-bond acceptors (Lipinski definition) is 5. The maximum Gasteiger partial charge on any atom is 0.416 e. The van der Waals surface area contributed by atoms with Crippen molar-refractivity contribution in [2.75, 3.05) is 7.11 Å². The molecule has 0 saturated carbocycles. The first kappa shape index (κ1) is 27.7. The van der Waals surface area contributed by atoms with Gasteiger partial charge in [0.25, 0.3) is 5.91 Å². The minimum atomic E-state index is -4.73. The number of likely N-dealkylation sites (tertiary alicyclic amines) is 1. The number of hydrogen-bond donors (Lipinski definition) is 3. The summed E-state index contributed by atoms with van der Waals surface area (Å²) < 4.78 is 44.6. The number of carboxylic acids is 1. The molecular weight excluding hydrogens is 596 g/mol. The minimum absolute atomic E-state index is 0.0179. The quantitative estimate of drug-likeness (QED) is 0.226. The van der Waals surface area contributed by atoms with Crippen molar-refractivity contribution in [1.29, 1.82) is 0 Å². The zero-order chi connectivity index (χ0) is 26.7. The minimum Gasteiger partial charge on any atom is -0.496 e. The molecule has 0 aliphatic carbocycles. The summed E-state index contributed by atoms with van der Waals surface area (Å²) in [6, 6.07) is 10.7. The van der Waals surface area contributed by atoms with Crippen molar-refractivity contribution < 1.29 is 42.5 Å². The Balaban J connectivity index is 1.92. The van der Waals surface area contributed by atoms with Crippen molar-refractivity contribution in [3.63, 3.8) is 0 Å². The van der Waals surface area contributed by atoms with Gasteiger partial charge in [-0.15, -0.1) is 0 Å². The average Bonchev–Trinajstić information content (AvgIpc) is 3.12. The summed E-state index contributed by atoms with van der Waals surface area (Å²) in [7, 11) is 1.20. The highest BCUT2D eigenvalue weighted by molar-refractivity contribution is 14.1. The second kappa shape index (κ2) is 11.0. The number of halogens is 4. The topological polar surface area (TPSA) is 116 Å². The lowest BCUT2D eigenvalue weighted by Crippen LogP contribution is -2.57. The highest BCUT2D eigenvalue weighted by atomic mass is 127. The first-order chi connectivity index (χ1) is 16.9. The van der Waals surface area contributed by atoms with E-state index in [1.165, 1.54) is 19.2 Å². The van der Waals surface area contributed by atoms with Crippen molar-refractivity contribution in [2.24, 2.45) is 0 Å². The van der Waals surface area contributed by atoms with Gasteiger partial charge in [0, 0.05) is 12.0 Å². The maximum atomic E-state index is 13.7. The van der Waals surface area contributed by atoms with Crippen LogP contribution >= 0.6 is 22.6 Å². The standard InChI is InChI=1S/C24H24F3IN2O6/c1-36-18-9-5-8-16(24(25,26)27)15(18)13-30-19(31)10-11-23(30,28)22(35)29-17(20(32)21(33)34)12-14-6-3-2-4-7-14/h2-9,17,20,32H,10-13H2,1H3,(H,29,35)(H,33,34). The zero-order valence-electron chi connectivity index (χ0n) is 19.1. The molecule has 12 heteroatoms. The first-order valence-electron chi connectivity index (χ1n) is 10.9. The van der Waals surface area contributed by atoms with Crippen LogP contribution in [0, 0.1) is 0 Å². The smallest absolute Gasteiger partial charge is 0.416 e. The molecular formula is C24H24F3IN2O6. The zero-order valence-corrected chi connectivity index (χ0v) is 21.2. The number of carbonyl (C=O) groups excluding carboxylic acids is 2. The number of ether oxygens (including phenoxy) is 1. The number of aliphatic carboxylic acids is 1. The van der Waals surface area contributed by atoms with Crippen LogP contribution in [-0.4, -0.2) is 55.7 Å². The molecule has 3 atom stereocenters. The van der Waals surface area contributed by atoms with Crippen LogP contribution in [0.5, 0.6) is 5.75 Å². The fourth-order valence-electron chi connectivity index (χ4n) is 4.09. The van der Waals surface area contributed by atoms with Crippen molar-refractivity contribution in [3.8, 4) is 5.75 Å². The Kier molecular flexibility index (Phi) is 8.49. The molecule has 1 aliphatic rings. The predicted molar refractivity (Wildman–Crippen MR) is 130 cm³/mol. The molecule has 1 aliphatic heterocycles. The summed E-state index contributed by atoms with van der Waals surface area (Å²) in [6.07, 6.45) is -6.82. The van der Waals surface area contributed by atoms with E-state index >= 15 is 0 Å². The van der Waals surface area contributed by atoms with Crippen LogP contribution in [-0.2, 0) is 33.5 Å². The largest absolute Gasteiger partial charge is 0.496 e. The van der Waals surface area contributed by atoms with Gasteiger partial charge in [-0.2, -0.15) is 13.2 Å². The Morgan fingerprint density at radius 1 is 1.19 bits per heavy atom. The Hall–Kier alpha value is -2.87. The van der Waals surface area contributed by atoms with Crippen molar-refractivity contribution in [3.05, 3.63) is 65.2 Å². The molecule has 2 aromatic carbocycles. The van der Waals surface area contributed by atoms with E-state index in [9.17, 15) is 37.8 Å². The highest BCUT2D eigenvalue weighted by Gasteiger charge is 2.51. The van der Waals surface area contributed by atoms with Gasteiger partial charge in [0.05, 0.1) is 25.3 Å². The van der Waals surface area contributed by atoms with Crippen LogP contribution in [0.15, 0.2) is 48.5 Å². The molecule has 8 nitrogen and oxygen atoms in total. The molecule has 1 fully saturated rings. The normalized spacial score (nSPS) is 19.6. The van der Waals surface area contributed by atoms with Crippen LogP contribution in [0.25, 0.3) is 0 Å². The lowest BCUT2D eigenvalue weighted by Gasteiger charge is -2.35. The Bertz CT molecular complexity index is 1130. The third-order valence-electron chi connectivity index (χ3n) is 5.97. The number of alkyl halides is 4. The second-order valence-electron chi connectivity index (χ2n) is 8.28. The first-order valence-corrected chi connectivity index (χ1v) is 11.9. The summed E-state index contributed by atoms with van der Waals surface area (Å²) in [5.74, 6) is -2.98. The van der Waals surface area contributed by atoms with Crippen LogP contribution in [0.2, 0.25) is 0 Å². The average molecular weight is 620 g/mol. The molecule has 0 radical (unpaired) electrons. The van der Waals surface area contributed by atoms with Crippen LogP contribution in [0.1, 0.15) is 29.5 Å². The van der Waals surface area contributed by atoms with Gasteiger partial charge in [-0.05, 0) is 53.1 Å². The molecule has 3 rings (SSSR count). The number of benzene rings is 2. The number of aliphatic hydroxyl groups is 1. The summed E-state index contributed by atoms with van der Waals surface area (Å²) in [6.45, 7) is -0.557. The number of methoxy groups -OCH3 is 1. The Morgan fingerprint density at radius 2 is 1.86 bits per heavy atom. The maximum absolute atomic E-state index is 13.7. The molecule has 36 heavy (non-hydrogen) atoms. The molecule has 2 amide bonds. The molecule has 3 N–H and O–H groups in total. The SMILES string of the molecule is COc1cccc(C(F)(F)F)c1CN1C(=O)CCC1(I)C(=O)NC(Cc1ccccc1)C(O)C(=O)O. The van der Waals surface area contributed by atoms with E-state index in [0.717, 1.165) is 11.0 Å². The Morgan fingerprint density at radius 3 is 2.44 bits per heavy atom. The van der Waals surface area contributed by atoms with E-state index in [0.29, 0.717) is 5.56 Å². The van der Waals surface area contributed by atoms with Gasteiger partial charge in [0.15, 0.2) is 9.65 Å². The lowest BCUT2D eigenvalue weighted by molar-refractivity contribution is -0.149. The van der Waals surface area contributed by atoms with Gasteiger partial charge in [0.2, 0.25) is 5.91 Å². The van der Waals surface area contributed by atoms with E-state index < -0.39 is 51.8 Å². The number of rotatable bonds is 9. The summed E-state index contributed by atoms with van der Waals surface area (Å²) >= 11 is 1.70. The van der Waals surface area contributed by atoms with Crippen molar-refractivity contribution >= 4 is 40.4 Å². The molecule has 0 bridgehead atoms. The van der Waals surface area contributed by atoms with Gasteiger partial charge in [0.1, 0.15) is 5.75 Å². The van der Waals surface area contributed by atoms with Crippen molar-refractivity contribution in [2.45, 2.75) is 47.7 Å². The molecule has 3 unspecified atom stereocenters. The summed E-state index contributed by atoms with van der Waals surface area (Å²) in [5.41, 5.74) is -0.652. The summed E-state index contributed by atoms with van der Waals surface area (Å²) in [5, 5.41) is 22.1. The fourth-order valence-corrected chi connectivity index (χ4v) is 4.96. The van der Waals surface area contributed by atoms with Gasteiger partial charge in [-0.25, -0.2) is 4.79 Å². The molecule has 1 heterocycles. The number of carbonyl (C=O) groups is 3. The van der Waals surface area contributed by atoms with E-state index in [1.807, 2.05) is 0 Å². The van der Waals surface area contributed by atoms with Crippen molar-refractivity contribution in [1.82, 2.24) is 10.2 Å². The molecule has 0 aromatic heterocycles. The molecule has 2 aromatic rings. The third-order valence-corrected chi connectivity index (χ3v) is 7.58. The van der Waals surface area contributed by atoms with Gasteiger partial charge in [-0.3, -0.25) is 9.59 Å². The molecule has 1 saturated heterocycles. The van der Waals surface area contributed by atoms with Gasteiger partial charge in [-0.1, -0.05) is 36.4 Å². The van der Waals surface area contributed by atoms with E-state index in [-0.39, 0.29) is 30.6 Å². The van der Waals surface area contributed by atoms with E-state index in [1.54, 1.807) is 52.9 Å². The second-order valence-corrected chi connectivity index (χ2v) is 10.1. The van der Waals surface area contributed by atoms with E-state index in [4.69, 9.17) is 4.74 Å². The summed E-state index contributed by atoms with van der Waals surface area (Å²) in [4.78, 5) is 38.7. The molecule has 0 spiro atoms. The van der Waals surface area contributed by atoms with Gasteiger partial charge < -0.3 is 25.2 Å². The van der Waals surface area contributed by atoms with Crippen LogP contribution in [0.3, 0.4) is 0 Å². The number of nitrogens with one attached hydrogen (secondary N) is 1. The van der Waals surface area contributed by atoms with E-state index in [2.05, 4.69) is 5.32 Å². The monoisotopic (exact) mass is 620 g/mol.